The summed E-state index contributed by atoms with van der Waals surface area (Å²) < 4.78 is 0. The minimum Gasteiger partial charge on any atom is -0.321 e. The van der Waals surface area contributed by atoms with Crippen molar-refractivity contribution < 1.29 is 19.3 Å². The zero-order valence-corrected chi connectivity index (χ0v) is 23.6. The van der Waals surface area contributed by atoms with Crippen molar-refractivity contribution in [1.82, 2.24) is 10.3 Å². The Hall–Kier alpha value is -4.81. The van der Waals surface area contributed by atoms with Crippen LogP contribution in [0.5, 0.6) is 0 Å². The fraction of sp³-hybridized carbons (Fsp3) is 0.103. The van der Waals surface area contributed by atoms with Gasteiger partial charge in [-0.1, -0.05) is 24.3 Å². The van der Waals surface area contributed by atoms with Crippen LogP contribution < -0.4 is 16.0 Å². The second kappa shape index (κ2) is 13.5. The van der Waals surface area contributed by atoms with E-state index < -0.39 is 22.0 Å². The molecule has 3 aromatic carbocycles. The summed E-state index contributed by atoms with van der Waals surface area (Å²) >= 11 is 2.67. The average Bonchev–Trinajstić information content (AvgIpc) is 3.37. The Kier molecular flexibility index (Phi) is 9.61. The SMILES string of the molecule is Cc1csc(NC(=O)C(C)Sc2cccc(NC(=O)/C(=C\c3ccc([N+](=O)[O-])cc3)NC(=O)c3ccccc3)c2)n1. The summed E-state index contributed by atoms with van der Waals surface area (Å²) in [6.07, 6.45) is 1.44. The number of hydrogen-bond donors (Lipinski definition) is 3. The lowest BCUT2D eigenvalue weighted by Crippen LogP contribution is -2.30. The molecule has 12 heteroatoms. The number of non-ortho nitro benzene ring substituents is 1. The van der Waals surface area contributed by atoms with Crippen LogP contribution in [-0.4, -0.2) is 32.9 Å². The number of nitrogens with zero attached hydrogens (tertiary/aromatic N) is 2. The third kappa shape index (κ3) is 8.34. The number of thioether (sulfide) groups is 1. The molecule has 0 saturated heterocycles. The smallest absolute Gasteiger partial charge is 0.272 e. The number of amides is 3. The number of benzene rings is 3. The van der Waals surface area contributed by atoms with Gasteiger partial charge >= 0.3 is 0 Å². The molecule has 4 rings (SSSR count). The number of hydrogen-bond acceptors (Lipinski definition) is 8. The van der Waals surface area contributed by atoms with Gasteiger partial charge in [0.2, 0.25) is 5.91 Å². The zero-order valence-electron chi connectivity index (χ0n) is 22.0. The standard InChI is InChI=1S/C29H25N5O5S2/c1-18-17-40-29(30-18)33-26(35)19(2)41-24-10-6-9-22(16-24)31-28(37)25(32-27(36)21-7-4-3-5-8-21)15-20-11-13-23(14-12-20)34(38)39/h3-17,19H,1-2H3,(H,31,37)(H,32,36)(H,30,33,35)/b25-15+. The van der Waals surface area contributed by atoms with E-state index in [1.54, 1.807) is 55.5 Å². The number of anilines is 2. The summed E-state index contributed by atoms with van der Waals surface area (Å²) in [4.78, 5) is 54.3. The molecule has 41 heavy (non-hydrogen) atoms. The molecule has 3 amide bonds. The molecule has 1 atom stereocenters. The highest BCUT2D eigenvalue weighted by Gasteiger charge is 2.18. The van der Waals surface area contributed by atoms with Crippen LogP contribution in [-0.2, 0) is 9.59 Å². The Morgan fingerprint density at radius 1 is 1.00 bits per heavy atom. The van der Waals surface area contributed by atoms with E-state index in [4.69, 9.17) is 0 Å². The fourth-order valence-corrected chi connectivity index (χ4v) is 5.14. The van der Waals surface area contributed by atoms with Gasteiger partial charge in [0.05, 0.1) is 15.9 Å². The number of thiazole rings is 1. The highest BCUT2D eigenvalue weighted by molar-refractivity contribution is 8.00. The lowest BCUT2D eigenvalue weighted by atomic mass is 10.1. The van der Waals surface area contributed by atoms with E-state index in [0.717, 1.165) is 10.6 Å². The van der Waals surface area contributed by atoms with Crippen molar-refractivity contribution in [3.63, 3.8) is 0 Å². The molecule has 0 aliphatic heterocycles. The van der Waals surface area contributed by atoms with Gasteiger partial charge in [0.25, 0.3) is 17.5 Å². The molecule has 10 nitrogen and oxygen atoms in total. The first-order chi connectivity index (χ1) is 19.7. The van der Waals surface area contributed by atoms with Crippen LogP contribution in [0.25, 0.3) is 6.08 Å². The van der Waals surface area contributed by atoms with E-state index >= 15 is 0 Å². The van der Waals surface area contributed by atoms with Gasteiger partial charge in [-0.25, -0.2) is 4.98 Å². The number of aromatic nitrogens is 1. The molecule has 0 bridgehead atoms. The Balaban J connectivity index is 1.50. The molecule has 0 radical (unpaired) electrons. The van der Waals surface area contributed by atoms with E-state index in [1.807, 2.05) is 18.4 Å². The summed E-state index contributed by atoms with van der Waals surface area (Å²) in [5, 5.41) is 21.2. The Morgan fingerprint density at radius 2 is 1.73 bits per heavy atom. The van der Waals surface area contributed by atoms with Crippen molar-refractivity contribution in [3.05, 3.63) is 117 Å². The summed E-state index contributed by atoms with van der Waals surface area (Å²) in [6.45, 7) is 3.62. The molecule has 0 saturated carbocycles. The van der Waals surface area contributed by atoms with E-state index in [0.29, 0.717) is 21.9 Å². The van der Waals surface area contributed by atoms with Gasteiger partial charge in [-0.2, -0.15) is 0 Å². The van der Waals surface area contributed by atoms with E-state index in [-0.39, 0.29) is 17.3 Å². The monoisotopic (exact) mass is 587 g/mol. The lowest BCUT2D eigenvalue weighted by molar-refractivity contribution is -0.384. The lowest BCUT2D eigenvalue weighted by Gasteiger charge is -2.13. The maximum absolute atomic E-state index is 13.3. The maximum atomic E-state index is 13.3. The summed E-state index contributed by atoms with van der Waals surface area (Å²) in [7, 11) is 0. The number of nitro groups is 1. The number of carbonyl (C=O) groups is 3. The first kappa shape index (κ1) is 29.2. The molecule has 0 aliphatic rings. The van der Waals surface area contributed by atoms with Gasteiger partial charge in [0, 0.05) is 33.7 Å². The zero-order chi connectivity index (χ0) is 29.4. The molecule has 0 spiro atoms. The number of nitrogens with one attached hydrogen (secondary N) is 3. The molecule has 0 fully saturated rings. The third-order valence-electron chi connectivity index (χ3n) is 5.57. The normalized spacial score (nSPS) is 11.8. The molecule has 208 valence electrons. The van der Waals surface area contributed by atoms with Crippen LogP contribution in [0.4, 0.5) is 16.5 Å². The minimum absolute atomic E-state index is 0.0581. The van der Waals surface area contributed by atoms with Gasteiger partial charge in [-0.15, -0.1) is 23.1 Å². The second-order valence-corrected chi connectivity index (χ2v) is 11.0. The van der Waals surface area contributed by atoms with Gasteiger partial charge < -0.3 is 16.0 Å². The topological polar surface area (TPSA) is 143 Å². The highest BCUT2D eigenvalue weighted by atomic mass is 32.2. The molecule has 3 N–H and O–H groups in total. The van der Waals surface area contributed by atoms with Gasteiger partial charge in [-0.05, 0) is 68.0 Å². The van der Waals surface area contributed by atoms with Crippen molar-refractivity contribution >= 4 is 63.4 Å². The Morgan fingerprint density at radius 3 is 2.39 bits per heavy atom. The number of nitro benzene ring substituents is 1. The van der Waals surface area contributed by atoms with Crippen LogP contribution in [0.3, 0.4) is 0 Å². The first-order valence-electron chi connectivity index (χ1n) is 12.3. The van der Waals surface area contributed by atoms with Crippen LogP contribution in [0.1, 0.15) is 28.5 Å². The second-order valence-electron chi connectivity index (χ2n) is 8.75. The first-order valence-corrected chi connectivity index (χ1v) is 14.1. The molecule has 4 aromatic rings. The molecule has 1 unspecified atom stereocenters. The highest BCUT2D eigenvalue weighted by Crippen LogP contribution is 2.27. The number of aryl methyl sites for hydroxylation is 1. The van der Waals surface area contributed by atoms with Gasteiger partial charge in [0.1, 0.15) is 5.70 Å². The summed E-state index contributed by atoms with van der Waals surface area (Å²) in [6, 6.07) is 21.0. The average molecular weight is 588 g/mol. The van der Waals surface area contributed by atoms with Crippen molar-refractivity contribution in [2.45, 2.75) is 24.0 Å². The minimum atomic E-state index is -0.597. The van der Waals surface area contributed by atoms with E-state index in [2.05, 4.69) is 20.9 Å². The van der Waals surface area contributed by atoms with Gasteiger partial charge in [-0.3, -0.25) is 24.5 Å². The molecule has 1 aromatic heterocycles. The van der Waals surface area contributed by atoms with Crippen LogP contribution in [0, 0.1) is 17.0 Å². The van der Waals surface area contributed by atoms with Crippen LogP contribution in [0.2, 0.25) is 0 Å². The predicted octanol–water partition coefficient (Wildman–Crippen LogP) is 5.89. The van der Waals surface area contributed by atoms with Crippen LogP contribution >= 0.6 is 23.1 Å². The van der Waals surface area contributed by atoms with Gasteiger partial charge in [0.15, 0.2) is 5.13 Å². The van der Waals surface area contributed by atoms with Crippen molar-refractivity contribution in [2.24, 2.45) is 0 Å². The largest absolute Gasteiger partial charge is 0.321 e. The van der Waals surface area contributed by atoms with Crippen molar-refractivity contribution in [2.75, 3.05) is 10.6 Å². The third-order valence-corrected chi connectivity index (χ3v) is 7.54. The summed E-state index contributed by atoms with van der Waals surface area (Å²) in [5.41, 5.74) is 1.96. The predicted molar refractivity (Wildman–Crippen MR) is 161 cm³/mol. The molecular weight excluding hydrogens is 562 g/mol. The van der Waals surface area contributed by atoms with Crippen molar-refractivity contribution in [1.29, 1.82) is 0 Å². The van der Waals surface area contributed by atoms with Crippen molar-refractivity contribution in [3.8, 4) is 0 Å². The summed E-state index contributed by atoms with van der Waals surface area (Å²) in [5.74, 6) is -1.29. The molecule has 0 aliphatic carbocycles. The van der Waals surface area contributed by atoms with E-state index in [9.17, 15) is 24.5 Å². The maximum Gasteiger partial charge on any atom is 0.272 e. The quantitative estimate of drug-likeness (QED) is 0.0909. The fourth-order valence-electron chi connectivity index (χ4n) is 3.52. The van der Waals surface area contributed by atoms with E-state index in [1.165, 1.54) is 53.4 Å². The molecular formula is C29H25N5O5S2. The number of rotatable bonds is 10. The molecule has 1 heterocycles. The number of carbonyl (C=O) groups excluding carboxylic acids is 3. The van der Waals surface area contributed by atoms with Crippen LogP contribution in [0.15, 0.2) is 94.8 Å². The Labute approximate surface area is 244 Å². The Bertz CT molecular complexity index is 1600.